The van der Waals surface area contributed by atoms with Gasteiger partial charge in [0.1, 0.15) is 0 Å². The monoisotopic (exact) mass is 420 g/mol. The van der Waals surface area contributed by atoms with Gasteiger partial charge < -0.3 is 4.90 Å². The van der Waals surface area contributed by atoms with Crippen molar-refractivity contribution in [1.29, 1.82) is 0 Å². The standard InChI is InChI=1S/C21H19F3N2O2S/c1-26(2)18-13-15(11-12-17(18)21(22,23)24)16-9-6-10-19(29(25,27)28)20(16)14-7-4-3-5-8-14/h3-13H,1-2H3,(H2,25,27,28). The topological polar surface area (TPSA) is 63.4 Å². The zero-order valence-electron chi connectivity index (χ0n) is 15.7. The highest BCUT2D eigenvalue weighted by Gasteiger charge is 2.34. The van der Waals surface area contributed by atoms with Crippen LogP contribution in [0.15, 0.2) is 71.6 Å². The Bertz CT molecular complexity index is 1140. The van der Waals surface area contributed by atoms with Crippen molar-refractivity contribution in [2.75, 3.05) is 19.0 Å². The minimum Gasteiger partial charge on any atom is -0.377 e. The van der Waals surface area contributed by atoms with Crippen molar-refractivity contribution in [2.45, 2.75) is 11.1 Å². The van der Waals surface area contributed by atoms with E-state index in [1.54, 1.807) is 36.4 Å². The van der Waals surface area contributed by atoms with Crippen molar-refractivity contribution in [1.82, 2.24) is 0 Å². The molecule has 0 aromatic heterocycles. The SMILES string of the molecule is CN(C)c1cc(-c2cccc(S(N)(=O)=O)c2-c2ccccc2)ccc1C(F)(F)F. The van der Waals surface area contributed by atoms with Gasteiger partial charge in [0.2, 0.25) is 10.0 Å². The van der Waals surface area contributed by atoms with Crippen molar-refractivity contribution < 1.29 is 21.6 Å². The van der Waals surface area contributed by atoms with Gasteiger partial charge in [0.25, 0.3) is 0 Å². The Morgan fingerprint density at radius 2 is 1.52 bits per heavy atom. The highest BCUT2D eigenvalue weighted by molar-refractivity contribution is 7.89. The molecule has 29 heavy (non-hydrogen) atoms. The zero-order valence-corrected chi connectivity index (χ0v) is 16.6. The average Bonchev–Trinajstić information content (AvgIpc) is 2.66. The van der Waals surface area contributed by atoms with Crippen LogP contribution in [-0.4, -0.2) is 22.5 Å². The fraction of sp³-hybridized carbons (Fsp3) is 0.143. The number of sulfonamides is 1. The summed E-state index contributed by atoms with van der Waals surface area (Å²) in [7, 11) is -1.02. The van der Waals surface area contributed by atoms with Crippen LogP contribution in [0.3, 0.4) is 0 Å². The molecular formula is C21H19F3N2O2S. The third kappa shape index (κ3) is 4.28. The molecule has 0 aliphatic rings. The average molecular weight is 420 g/mol. The second-order valence-electron chi connectivity index (χ2n) is 6.71. The van der Waals surface area contributed by atoms with Gasteiger partial charge in [-0.25, -0.2) is 13.6 Å². The molecule has 0 radical (unpaired) electrons. The number of primary sulfonamides is 1. The van der Waals surface area contributed by atoms with Crippen LogP contribution in [0.5, 0.6) is 0 Å². The van der Waals surface area contributed by atoms with Crippen molar-refractivity contribution in [3.05, 3.63) is 72.3 Å². The van der Waals surface area contributed by atoms with E-state index in [1.165, 1.54) is 43.3 Å². The summed E-state index contributed by atoms with van der Waals surface area (Å²) in [5.41, 5.74) is 1.08. The number of halogens is 3. The van der Waals surface area contributed by atoms with Gasteiger partial charge in [-0.15, -0.1) is 0 Å². The minimum absolute atomic E-state index is 0.0185. The van der Waals surface area contributed by atoms with E-state index in [0.29, 0.717) is 22.3 Å². The van der Waals surface area contributed by atoms with Gasteiger partial charge in [0.05, 0.1) is 10.5 Å². The lowest BCUT2D eigenvalue weighted by molar-refractivity contribution is -0.137. The Labute approximate surface area is 167 Å². The van der Waals surface area contributed by atoms with Crippen LogP contribution in [0.25, 0.3) is 22.3 Å². The Morgan fingerprint density at radius 1 is 0.862 bits per heavy atom. The van der Waals surface area contributed by atoms with Crippen molar-refractivity contribution in [3.63, 3.8) is 0 Å². The third-order valence-corrected chi connectivity index (χ3v) is 5.44. The van der Waals surface area contributed by atoms with Gasteiger partial charge in [-0.2, -0.15) is 13.2 Å². The van der Waals surface area contributed by atoms with Gasteiger partial charge in [0, 0.05) is 25.3 Å². The van der Waals surface area contributed by atoms with Crippen LogP contribution in [0.2, 0.25) is 0 Å². The van der Waals surface area contributed by atoms with Gasteiger partial charge in [-0.05, 0) is 34.9 Å². The van der Waals surface area contributed by atoms with Crippen LogP contribution < -0.4 is 10.0 Å². The quantitative estimate of drug-likeness (QED) is 0.662. The fourth-order valence-corrected chi connectivity index (χ4v) is 4.00. The Balaban J connectivity index is 2.34. The van der Waals surface area contributed by atoms with Crippen molar-refractivity contribution in [2.24, 2.45) is 5.14 Å². The molecule has 0 saturated carbocycles. The highest BCUT2D eigenvalue weighted by atomic mass is 32.2. The highest BCUT2D eigenvalue weighted by Crippen LogP contribution is 2.41. The number of nitrogens with zero attached hydrogens (tertiary/aromatic N) is 1. The predicted molar refractivity (Wildman–Crippen MR) is 108 cm³/mol. The maximum atomic E-state index is 13.4. The van der Waals surface area contributed by atoms with Crippen LogP contribution >= 0.6 is 0 Å². The molecule has 0 aliphatic carbocycles. The van der Waals surface area contributed by atoms with E-state index in [-0.39, 0.29) is 10.6 Å². The van der Waals surface area contributed by atoms with Gasteiger partial charge in [-0.1, -0.05) is 48.5 Å². The van der Waals surface area contributed by atoms with Gasteiger partial charge in [-0.3, -0.25) is 0 Å². The summed E-state index contributed by atoms with van der Waals surface area (Å²) >= 11 is 0. The number of hydrogen-bond acceptors (Lipinski definition) is 3. The maximum Gasteiger partial charge on any atom is 0.418 e. The molecule has 0 unspecified atom stereocenters. The molecule has 8 heteroatoms. The Hall–Kier alpha value is -2.84. The van der Waals surface area contributed by atoms with Crippen LogP contribution in [0.4, 0.5) is 18.9 Å². The molecule has 0 heterocycles. The molecular weight excluding hydrogens is 401 g/mol. The third-order valence-electron chi connectivity index (χ3n) is 4.49. The second kappa shape index (κ2) is 7.53. The van der Waals surface area contributed by atoms with Gasteiger partial charge in [0.15, 0.2) is 0 Å². The first-order chi connectivity index (χ1) is 13.5. The molecule has 0 fully saturated rings. The molecule has 4 nitrogen and oxygen atoms in total. The molecule has 2 N–H and O–H groups in total. The summed E-state index contributed by atoms with van der Waals surface area (Å²) in [5.74, 6) is 0. The molecule has 152 valence electrons. The molecule has 3 aromatic rings. The van der Waals surface area contributed by atoms with Gasteiger partial charge >= 0.3 is 6.18 Å². The normalized spacial score (nSPS) is 12.1. The second-order valence-corrected chi connectivity index (χ2v) is 8.24. The summed E-state index contributed by atoms with van der Waals surface area (Å²) in [6, 6.07) is 17.0. The van der Waals surface area contributed by atoms with E-state index in [2.05, 4.69) is 0 Å². The van der Waals surface area contributed by atoms with Crippen molar-refractivity contribution >= 4 is 15.7 Å². The number of hydrogen-bond donors (Lipinski definition) is 1. The number of rotatable bonds is 4. The molecule has 3 aromatic carbocycles. The van der Waals surface area contributed by atoms with E-state index in [9.17, 15) is 21.6 Å². The molecule has 3 rings (SSSR count). The molecule has 0 aliphatic heterocycles. The van der Waals surface area contributed by atoms with Crippen LogP contribution in [0.1, 0.15) is 5.56 Å². The lowest BCUT2D eigenvalue weighted by Crippen LogP contribution is -2.16. The maximum absolute atomic E-state index is 13.4. The van der Waals surface area contributed by atoms with Crippen molar-refractivity contribution in [3.8, 4) is 22.3 Å². The number of nitrogens with two attached hydrogens (primary N) is 1. The summed E-state index contributed by atoms with van der Waals surface area (Å²) in [6.45, 7) is 0. The summed E-state index contributed by atoms with van der Waals surface area (Å²) in [5, 5.41) is 5.42. The number of alkyl halides is 3. The summed E-state index contributed by atoms with van der Waals surface area (Å²) < 4.78 is 64.5. The summed E-state index contributed by atoms with van der Waals surface area (Å²) in [4.78, 5) is 1.28. The molecule has 0 bridgehead atoms. The van der Waals surface area contributed by atoms with E-state index in [0.717, 1.165) is 6.07 Å². The lowest BCUT2D eigenvalue weighted by atomic mass is 9.93. The lowest BCUT2D eigenvalue weighted by Gasteiger charge is -2.21. The van der Waals surface area contributed by atoms with E-state index < -0.39 is 21.8 Å². The molecule has 0 spiro atoms. The first-order valence-corrected chi connectivity index (χ1v) is 10.1. The Kier molecular flexibility index (Phi) is 5.42. The first-order valence-electron chi connectivity index (χ1n) is 8.60. The summed E-state index contributed by atoms with van der Waals surface area (Å²) in [6.07, 6.45) is -4.51. The number of anilines is 1. The number of benzene rings is 3. The Morgan fingerprint density at radius 3 is 2.07 bits per heavy atom. The fourth-order valence-electron chi connectivity index (χ4n) is 3.22. The van der Waals surface area contributed by atoms with E-state index >= 15 is 0 Å². The molecule has 0 atom stereocenters. The smallest absolute Gasteiger partial charge is 0.377 e. The molecule has 0 saturated heterocycles. The van der Waals surface area contributed by atoms with E-state index in [4.69, 9.17) is 5.14 Å². The molecule has 0 amide bonds. The minimum atomic E-state index is -4.51. The van der Waals surface area contributed by atoms with E-state index in [1.807, 2.05) is 0 Å². The van der Waals surface area contributed by atoms with Crippen LogP contribution in [0, 0.1) is 0 Å². The predicted octanol–water partition coefficient (Wildman–Crippen LogP) is 4.75. The first kappa shape index (κ1) is 20.9. The zero-order chi connectivity index (χ0) is 21.4. The largest absolute Gasteiger partial charge is 0.418 e. The van der Waals surface area contributed by atoms with Crippen LogP contribution in [-0.2, 0) is 16.2 Å².